The lowest BCUT2D eigenvalue weighted by molar-refractivity contribution is 0.0690. The van der Waals surface area contributed by atoms with Crippen LogP contribution in [0.25, 0.3) is 0 Å². The summed E-state index contributed by atoms with van der Waals surface area (Å²) in [5.41, 5.74) is 0.391. The maximum absolute atomic E-state index is 12.6. The predicted octanol–water partition coefficient (Wildman–Crippen LogP) is 1.20. The van der Waals surface area contributed by atoms with Crippen molar-refractivity contribution >= 4 is 15.9 Å². The zero-order chi connectivity index (χ0) is 15.8. The molecule has 1 heterocycles. The Labute approximate surface area is 124 Å². The second kappa shape index (κ2) is 5.76. The summed E-state index contributed by atoms with van der Waals surface area (Å²) in [4.78, 5) is 14.1. The van der Waals surface area contributed by atoms with E-state index in [1.165, 1.54) is 0 Å². The van der Waals surface area contributed by atoms with E-state index in [4.69, 9.17) is 5.14 Å². The maximum atomic E-state index is 12.6. The van der Waals surface area contributed by atoms with Crippen LogP contribution < -0.4 is 5.14 Å². The van der Waals surface area contributed by atoms with Gasteiger partial charge < -0.3 is 4.90 Å². The molecule has 0 aromatic carbocycles. The van der Waals surface area contributed by atoms with Crippen LogP contribution in [0.15, 0.2) is 4.90 Å². The Kier molecular flexibility index (Phi) is 4.38. The van der Waals surface area contributed by atoms with Crippen LogP contribution in [0.2, 0.25) is 0 Å². The minimum Gasteiger partial charge on any atom is -0.335 e. The van der Waals surface area contributed by atoms with Gasteiger partial charge in [0, 0.05) is 18.5 Å². The molecule has 1 fully saturated rings. The molecule has 0 bridgehead atoms. The first-order chi connectivity index (χ1) is 9.81. The second-order valence-corrected chi connectivity index (χ2v) is 6.98. The van der Waals surface area contributed by atoms with Crippen LogP contribution in [0.1, 0.15) is 62.1 Å². The molecule has 3 N–H and O–H groups in total. The average Bonchev–Trinajstić information content (AvgIpc) is 3.15. The van der Waals surface area contributed by atoms with Crippen LogP contribution in [-0.4, -0.2) is 42.0 Å². The van der Waals surface area contributed by atoms with E-state index in [-0.39, 0.29) is 28.5 Å². The van der Waals surface area contributed by atoms with Crippen molar-refractivity contribution in [3.63, 3.8) is 0 Å². The largest absolute Gasteiger partial charge is 0.335 e. The highest BCUT2D eigenvalue weighted by Gasteiger charge is 2.37. The zero-order valence-electron chi connectivity index (χ0n) is 12.6. The summed E-state index contributed by atoms with van der Waals surface area (Å²) < 4.78 is 23.7. The lowest BCUT2D eigenvalue weighted by atomic mass is 10.2. The number of carbonyl (C=O) groups is 1. The number of nitrogens with one attached hydrogen (secondary N) is 1. The number of nitrogens with zero attached hydrogens (tertiary/aromatic N) is 2. The Bertz CT molecular complexity index is 634. The minimum absolute atomic E-state index is 0.0110. The standard InChI is InChI=1S/C13H22N4O3S/c1-4-8(3)17(5-2)13(18)11-12(21(14,19)20)10(15-16-11)9-6-7-9/h8-9H,4-7H2,1-3H3,(H,15,16)(H2,14,19,20). The summed E-state index contributed by atoms with van der Waals surface area (Å²) in [6.07, 6.45) is 2.56. The van der Waals surface area contributed by atoms with Crippen molar-refractivity contribution in [3.8, 4) is 0 Å². The number of primary sulfonamides is 1. The van der Waals surface area contributed by atoms with E-state index in [1.807, 2.05) is 20.8 Å². The fourth-order valence-corrected chi connectivity index (χ4v) is 3.36. The lowest BCUT2D eigenvalue weighted by Crippen LogP contribution is -2.39. The third-order valence-corrected chi connectivity index (χ3v) is 4.93. The molecular formula is C13H22N4O3S. The number of sulfonamides is 1. The van der Waals surface area contributed by atoms with E-state index in [0.29, 0.717) is 12.2 Å². The number of amides is 1. The summed E-state index contributed by atoms with van der Waals surface area (Å²) in [6, 6.07) is 0.0110. The van der Waals surface area contributed by atoms with Gasteiger partial charge in [0.25, 0.3) is 5.91 Å². The topological polar surface area (TPSA) is 109 Å². The Morgan fingerprint density at radius 3 is 2.52 bits per heavy atom. The number of rotatable bonds is 6. The van der Waals surface area contributed by atoms with Gasteiger partial charge in [0.15, 0.2) is 5.69 Å². The van der Waals surface area contributed by atoms with Crippen LogP contribution in [-0.2, 0) is 10.0 Å². The zero-order valence-corrected chi connectivity index (χ0v) is 13.4. The molecule has 1 aliphatic rings. The highest BCUT2D eigenvalue weighted by molar-refractivity contribution is 7.89. The van der Waals surface area contributed by atoms with Gasteiger partial charge in [0.1, 0.15) is 4.90 Å². The summed E-state index contributed by atoms with van der Waals surface area (Å²) in [5.74, 6) is -0.273. The maximum Gasteiger partial charge on any atom is 0.276 e. The highest BCUT2D eigenvalue weighted by Crippen LogP contribution is 2.42. The Morgan fingerprint density at radius 1 is 1.48 bits per heavy atom. The first-order valence-electron chi connectivity index (χ1n) is 7.23. The normalized spacial score (nSPS) is 16.8. The average molecular weight is 314 g/mol. The molecular weight excluding hydrogens is 292 g/mol. The summed E-state index contributed by atoms with van der Waals surface area (Å²) >= 11 is 0. The monoisotopic (exact) mass is 314 g/mol. The minimum atomic E-state index is -3.99. The third kappa shape index (κ3) is 3.11. The van der Waals surface area contributed by atoms with Crippen LogP contribution >= 0.6 is 0 Å². The van der Waals surface area contributed by atoms with Gasteiger partial charge in [-0.1, -0.05) is 6.92 Å². The molecule has 1 aliphatic carbocycles. The van der Waals surface area contributed by atoms with E-state index in [0.717, 1.165) is 19.3 Å². The van der Waals surface area contributed by atoms with Crippen LogP contribution in [0.5, 0.6) is 0 Å². The molecule has 1 saturated carbocycles. The Hall–Kier alpha value is -1.41. The molecule has 8 heteroatoms. The van der Waals surface area contributed by atoms with Crippen LogP contribution in [0.3, 0.4) is 0 Å². The molecule has 1 amide bonds. The van der Waals surface area contributed by atoms with Crippen molar-refractivity contribution < 1.29 is 13.2 Å². The quantitative estimate of drug-likeness (QED) is 0.822. The van der Waals surface area contributed by atoms with E-state index in [1.54, 1.807) is 4.90 Å². The van der Waals surface area contributed by atoms with E-state index >= 15 is 0 Å². The fraction of sp³-hybridized carbons (Fsp3) is 0.692. The molecule has 1 aromatic rings. The second-order valence-electron chi connectivity index (χ2n) is 5.48. The number of H-pyrrole nitrogens is 1. The molecule has 1 aromatic heterocycles. The van der Waals surface area contributed by atoms with Crippen molar-refractivity contribution in [2.45, 2.75) is 56.9 Å². The molecule has 7 nitrogen and oxygen atoms in total. The van der Waals surface area contributed by atoms with Gasteiger partial charge in [-0.2, -0.15) is 5.10 Å². The Morgan fingerprint density at radius 2 is 2.10 bits per heavy atom. The van der Waals surface area contributed by atoms with Gasteiger partial charge in [0.2, 0.25) is 10.0 Å². The number of aromatic nitrogens is 2. The van der Waals surface area contributed by atoms with Crippen molar-refractivity contribution in [1.29, 1.82) is 0 Å². The molecule has 1 unspecified atom stereocenters. The summed E-state index contributed by atoms with van der Waals surface area (Å²) in [5, 5.41) is 12.0. The van der Waals surface area contributed by atoms with Crippen LogP contribution in [0.4, 0.5) is 0 Å². The first kappa shape index (κ1) is 16.0. The van der Waals surface area contributed by atoms with Gasteiger partial charge in [-0.25, -0.2) is 13.6 Å². The molecule has 0 radical (unpaired) electrons. The molecule has 0 aliphatic heterocycles. The molecule has 0 saturated heterocycles. The van der Waals surface area contributed by atoms with Crippen molar-refractivity contribution in [1.82, 2.24) is 15.1 Å². The van der Waals surface area contributed by atoms with E-state index < -0.39 is 10.0 Å². The van der Waals surface area contributed by atoms with Gasteiger partial charge in [-0.3, -0.25) is 9.89 Å². The van der Waals surface area contributed by atoms with Crippen molar-refractivity contribution in [2.24, 2.45) is 5.14 Å². The van der Waals surface area contributed by atoms with Gasteiger partial charge in [-0.05, 0) is 33.1 Å². The molecule has 21 heavy (non-hydrogen) atoms. The fourth-order valence-electron chi connectivity index (χ4n) is 2.44. The SMILES string of the molecule is CCC(C)N(CC)C(=O)c1n[nH]c(C2CC2)c1S(N)(=O)=O. The number of hydrogen-bond acceptors (Lipinski definition) is 4. The Balaban J connectivity index is 2.46. The summed E-state index contributed by atoms with van der Waals surface area (Å²) in [6.45, 7) is 6.24. The van der Waals surface area contributed by atoms with Gasteiger partial charge in [0.05, 0.1) is 5.69 Å². The first-order valence-corrected chi connectivity index (χ1v) is 8.77. The predicted molar refractivity (Wildman–Crippen MR) is 78.4 cm³/mol. The lowest BCUT2D eigenvalue weighted by Gasteiger charge is -2.26. The molecule has 1 atom stereocenters. The third-order valence-electron chi connectivity index (χ3n) is 3.94. The van der Waals surface area contributed by atoms with E-state index in [9.17, 15) is 13.2 Å². The number of aromatic amines is 1. The number of nitrogens with two attached hydrogens (primary N) is 1. The highest BCUT2D eigenvalue weighted by atomic mass is 32.2. The number of hydrogen-bond donors (Lipinski definition) is 2. The molecule has 0 spiro atoms. The van der Waals surface area contributed by atoms with Crippen molar-refractivity contribution in [2.75, 3.05) is 6.54 Å². The van der Waals surface area contributed by atoms with Crippen molar-refractivity contribution in [3.05, 3.63) is 11.4 Å². The smallest absolute Gasteiger partial charge is 0.276 e. The van der Waals surface area contributed by atoms with Gasteiger partial charge >= 0.3 is 0 Å². The number of carbonyl (C=O) groups excluding carboxylic acids is 1. The van der Waals surface area contributed by atoms with E-state index in [2.05, 4.69) is 10.2 Å². The van der Waals surface area contributed by atoms with Gasteiger partial charge in [-0.15, -0.1) is 0 Å². The molecule has 2 rings (SSSR count). The van der Waals surface area contributed by atoms with Crippen LogP contribution in [0, 0.1) is 0 Å². The summed E-state index contributed by atoms with van der Waals surface area (Å²) in [7, 11) is -3.99. The molecule has 118 valence electrons.